The number of fused-ring (bicyclic) bond motifs is 1. The van der Waals surface area contributed by atoms with E-state index in [-0.39, 0.29) is 39.7 Å². The SMILES string of the molecule is CCC(C)(C)c1ccc(OCCCC(=O)Nc2ccc(Cl)c(NC(=O)C(C(=O)C(C)(C)C)n3nnc4ccccc43)c2)c(C(C)(C)CC)c1. The topological polar surface area (TPSA) is 115 Å². The molecule has 0 aliphatic rings. The number of hydrogen-bond donors (Lipinski definition) is 2. The van der Waals surface area contributed by atoms with Crippen LogP contribution >= 0.6 is 11.6 Å². The van der Waals surface area contributed by atoms with Crippen molar-refractivity contribution in [2.24, 2.45) is 5.41 Å². The number of nitrogens with zero attached hydrogens (tertiary/aromatic N) is 3. The fourth-order valence-corrected chi connectivity index (χ4v) is 5.53. The van der Waals surface area contributed by atoms with Crippen LogP contribution in [0.15, 0.2) is 60.7 Å². The number of halogens is 1. The third-order valence-electron chi connectivity index (χ3n) is 9.43. The van der Waals surface area contributed by atoms with Gasteiger partial charge in [0.1, 0.15) is 11.3 Å². The number of ether oxygens (including phenoxy) is 1. The Morgan fingerprint density at radius 3 is 2.24 bits per heavy atom. The highest BCUT2D eigenvalue weighted by molar-refractivity contribution is 6.34. The van der Waals surface area contributed by atoms with Crippen LogP contribution in [-0.4, -0.2) is 39.2 Å². The lowest BCUT2D eigenvalue weighted by molar-refractivity contribution is -0.135. The van der Waals surface area contributed by atoms with Gasteiger partial charge in [-0.15, -0.1) is 5.10 Å². The predicted octanol–water partition coefficient (Wildman–Crippen LogP) is 9.05. The van der Waals surface area contributed by atoms with Crippen LogP contribution in [0, 0.1) is 5.41 Å². The van der Waals surface area contributed by atoms with E-state index in [1.165, 1.54) is 15.8 Å². The molecule has 4 rings (SSSR count). The van der Waals surface area contributed by atoms with Crippen LogP contribution in [0.1, 0.15) is 105 Å². The first kappa shape index (κ1) is 37.6. The number of hydrogen-bond acceptors (Lipinski definition) is 6. The predicted molar refractivity (Wildman–Crippen MR) is 198 cm³/mol. The summed E-state index contributed by atoms with van der Waals surface area (Å²) in [6.45, 7) is 19.0. The van der Waals surface area contributed by atoms with E-state index < -0.39 is 17.4 Å². The van der Waals surface area contributed by atoms with Crippen LogP contribution < -0.4 is 15.4 Å². The number of rotatable bonds is 14. The van der Waals surface area contributed by atoms with Gasteiger partial charge >= 0.3 is 0 Å². The van der Waals surface area contributed by atoms with Gasteiger partial charge in [0.2, 0.25) is 5.91 Å². The van der Waals surface area contributed by atoms with Crippen molar-refractivity contribution in [2.45, 2.75) is 105 Å². The Morgan fingerprint density at radius 2 is 1.57 bits per heavy atom. The Morgan fingerprint density at radius 1 is 0.878 bits per heavy atom. The number of nitrogens with one attached hydrogen (secondary N) is 2. The fourth-order valence-electron chi connectivity index (χ4n) is 5.37. The summed E-state index contributed by atoms with van der Waals surface area (Å²) in [7, 11) is 0. The number of amides is 2. The van der Waals surface area contributed by atoms with Crippen LogP contribution in [0.2, 0.25) is 5.02 Å². The summed E-state index contributed by atoms with van der Waals surface area (Å²) in [5.74, 6) is -0.306. The van der Waals surface area contributed by atoms with Gasteiger partial charge in [-0.25, -0.2) is 4.68 Å². The molecule has 1 heterocycles. The number of ketones is 1. The van der Waals surface area contributed by atoms with Crippen molar-refractivity contribution < 1.29 is 19.1 Å². The Labute approximate surface area is 295 Å². The molecular weight excluding hydrogens is 638 g/mol. The fraction of sp³-hybridized carbons (Fsp3) is 0.462. The van der Waals surface area contributed by atoms with Crippen LogP contribution in [-0.2, 0) is 25.2 Å². The lowest BCUT2D eigenvalue weighted by Crippen LogP contribution is -2.39. The Kier molecular flexibility index (Phi) is 11.6. The first-order chi connectivity index (χ1) is 23.0. The molecule has 262 valence electrons. The van der Waals surface area contributed by atoms with Crippen molar-refractivity contribution in [3.63, 3.8) is 0 Å². The average Bonchev–Trinajstić information content (AvgIpc) is 3.48. The van der Waals surface area contributed by atoms with E-state index in [0.29, 0.717) is 29.7 Å². The molecule has 0 aliphatic carbocycles. The number of carbonyl (C=O) groups is 3. The standard InChI is InChI=1S/C39H50ClN5O4/c1-10-38(6,7)25-18-21-32(27(23-25)39(8,9)11-2)49-22-14-17-33(46)41-26-19-20-28(40)30(24-26)42-36(48)34(35(47)37(3,4)5)45-31-16-13-12-15-29(31)43-44-45/h12-13,15-16,18-21,23-24,34H,10-11,14,17,22H2,1-9H3,(H,41,46)(H,42,48). The van der Waals surface area contributed by atoms with Crippen molar-refractivity contribution in [1.82, 2.24) is 15.0 Å². The zero-order valence-corrected chi connectivity index (χ0v) is 31.0. The molecule has 1 atom stereocenters. The third kappa shape index (κ3) is 8.87. The highest BCUT2D eigenvalue weighted by atomic mass is 35.5. The molecule has 0 bridgehead atoms. The first-order valence-corrected chi connectivity index (χ1v) is 17.4. The number of anilines is 2. The summed E-state index contributed by atoms with van der Waals surface area (Å²) >= 11 is 6.47. The van der Waals surface area contributed by atoms with Gasteiger partial charge < -0.3 is 15.4 Å². The molecule has 1 unspecified atom stereocenters. The molecule has 0 radical (unpaired) electrons. The Hall–Kier alpha value is -4.24. The first-order valence-electron chi connectivity index (χ1n) is 17.0. The van der Waals surface area contributed by atoms with Crippen molar-refractivity contribution in [1.29, 1.82) is 0 Å². The summed E-state index contributed by atoms with van der Waals surface area (Å²) < 4.78 is 7.58. The van der Waals surface area contributed by atoms with Crippen LogP contribution in [0.25, 0.3) is 11.0 Å². The molecule has 2 N–H and O–H groups in total. The van der Waals surface area contributed by atoms with Gasteiger partial charge in [0.25, 0.3) is 5.91 Å². The zero-order chi connectivity index (χ0) is 36.1. The van der Waals surface area contributed by atoms with Crippen molar-refractivity contribution in [2.75, 3.05) is 17.2 Å². The molecular formula is C39H50ClN5O4. The second-order valence-corrected chi connectivity index (χ2v) is 15.3. The molecule has 10 heteroatoms. The molecule has 0 aliphatic heterocycles. The Bertz CT molecular complexity index is 1820. The molecule has 3 aromatic carbocycles. The lowest BCUT2D eigenvalue weighted by atomic mass is 9.76. The van der Waals surface area contributed by atoms with Gasteiger partial charge in [0.05, 0.1) is 22.8 Å². The van der Waals surface area contributed by atoms with Crippen molar-refractivity contribution in [3.05, 3.63) is 76.8 Å². The van der Waals surface area contributed by atoms with E-state index in [0.717, 1.165) is 18.6 Å². The van der Waals surface area contributed by atoms with Crippen LogP contribution in [0.4, 0.5) is 11.4 Å². The zero-order valence-electron chi connectivity index (χ0n) is 30.2. The monoisotopic (exact) mass is 687 g/mol. The number of aromatic nitrogens is 3. The third-order valence-corrected chi connectivity index (χ3v) is 9.76. The lowest BCUT2D eigenvalue weighted by Gasteiger charge is -2.30. The van der Waals surface area contributed by atoms with Crippen molar-refractivity contribution >= 4 is 51.6 Å². The molecule has 2 amide bonds. The van der Waals surface area contributed by atoms with Gasteiger partial charge in [-0.05, 0) is 72.1 Å². The number of benzene rings is 3. The maximum Gasteiger partial charge on any atom is 0.257 e. The minimum absolute atomic E-state index is 0.0582. The average molecular weight is 688 g/mol. The summed E-state index contributed by atoms with van der Waals surface area (Å²) in [5.41, 5.74) is 3.46. The summed E-state index contributed by atoms with van der Waals surface area (Å²) in [4.78, 5) is 40.2. The van der Waals surface area contributed by atoms with E-state index >= 15 is 0 Å². The van der Waals surface area contributed by atoms with E-state index in [2.05, 4.69) is 80.7 Å². The van der Waals surface area contributed by atoms with Crippen molar-refractivity contribution in [3.8, 4) is 5.75 Å². The van der Waals surface area contributed by atoms with Gasteiger partial charge in [-0.3, -0.25) is 14.4 Å². The molecule has 0 saturated heterocycles. The second-order valence-electron chi connectivity index (χ2n) is 14.9. The summed E-state index contributed by atoms with van der Waals surface area (Å²) in [5, 5.41) is 14.2. The van der Waals surface area contributed by atoms with E-state index in [1.54, 1.807) is 57.2 Å². The normalized spacial score (nSPS) is 12.9. The van der Waals surface area contributed by atoms with E-state index in [9.17, 15) is 14.4 Å². The number of carbonyl (C=O) groups excluding carboxylic acids is 3. The van der Waals surface area contributed by atoms with Gasteiger partial charge in [0.15, 0.2) is 11.8 Å². The van der Waals surface area contributed by atoms with E-state index in [1.807, 2.05) is 6.07 Å². The maximum absolute atomic E-state index is 13.7. The molecule has 1 aromatic heterocycles. The highest BCUT2D eigenvalue weighted by Crippen LogP contribution is 2.38. The highest BCUT2D eigenvalue weighted by Gasteiger charge is 2.38. The molecule has 4 aromatic rings. The minimum atomic E-state index is -1.29. The molecule has 9 nitrogen and oxygen atoms in total. The molecule has 49 heavy (non-hydrogen) atoms. The summed E-state index contributed by atoms with van der Waals surface area (Å²) in [6, 6.07) is 17.1. The van der Waals surface area contributed by atoms with Crippen LogP contribution in [0.3, 0.4) is 0 Å². The molecule has 0 saturated carbocycles. The second kappa shape index (κ2) is 15.1. The number of para-hydroxylation sites is 1. The van der Waals surface area contributed by atoms with Crippen LogP contribution in [0.5, 0.6) is 5.75 Å². The number of Topliss-reactive ketones (excluding diaryl/α,β-unsaturated/α-hetero) is 1. The van der Waals surface area contributed by atoms with Gasteiger partial charge in [0, 0.05) is 23.1 Å². The van der Waals surface area contributed by atoms with E-state index in [4.69, 9.17) is 16.3 Å². The quantitative estimate of drug-likeness (QED) is 0.101. The maximum atomic E-state index is 13.7. The molecule has 0 spiro atoms. The summed E-state index contributed by atoms with van der Waals surface area (Å²) in [6.07, 6.45) is 2.75. The van der Waals surface area contributed by atoms with Gasteiger partial charge in [-0.2, -0.15) is 0 Å². The Balaban J connectivity index is 1.42. The molecule has 0 fully saturated rings. The minimum Gasteiger partial charge on any atom is -0.493 e. The van der Waals surface area contributed by atoms with Gasteiger partial charge in [-0.1, -0.05) is 103 Å². The smallest absolute Gasteiger partial charge is 0.257 e. The largest absolute Gasteiger partial charge is 0.493 e.